The predicted molar refractivity (Wildman–Crippen MR) is 55.9 cm³/mol. The first-order valence-corrected chi connectivity index (χ1v) is 5.46. The van der Waals surface area contributed by atoms with Crippen LogP contribution in [0.3, 0.4) is 0 Å². The summed E-state index contributed by atoms with van der Waals surface area (Å²) in [6.07, 6.45) is 8.24. The smallest absolute Gasteiger partial charge is 0.0462 e. The number of ether oxygens (including phenoxy) is 1. The Kier molecular flexibility index (Phi) is 4.74. The molecule has 0 aliphatic heterocycles. The summed E-state index contributed by atoms with van der Waals surface area (Å²) in [5, 5.41) is 3.32. The van der Waals surface area contributed by atoms with Crippen molar-refractivity contribution in [1.82, 2.24) is 5.32 Å². The van der Waals surface area contributed by atoms with Gasteiger partial charge >= 0.3 is 0 Å². The zero-order valence-corrected chi connectivity index (χ0v) is 9.07. The Morgan fingerprint density at radius 2 is 2.08 bits per heavy atom. The molecular weight excluding hydrogens is 162 g/mol. The zero-order valence-electron chi connectivity index (χ0n) is 9.07. The average Bonchev–Trinajstić information content (AvgIpc) is 2.08. The van der Waals surface area contributed by atoms with Crippen molar-refractivity contribution in [3.63, 3.8) is 0 Å². The Balaban J connectivity index is 2.09. The van der Waals surface area contributed by atoms with E-state index in [1.807, 2.05) is 0 Å². The van der Waals surface area contributed by atoms with Gasteiger partial charge in [-0.15, -0.1) is 0 Å². The van der Waals surface area contributed by atoms with Gasteiger partial charge in [0, 0.05) is 20.3 Å². The standard InChI is InChI=1S/C11H23NO/c1-12-10-11(7-5-8-11)6-3-4-9-13-2/h12H,3-10H2,1-2H3. The summed E-state index contributed by atoms with van der Waals surface area (Å²) in [6, 6.07) is 0. The third-order valence-corrected chi connectivity index (χ3v) is 3.27. The van der Waals surface area contributed by atoms with Crippen molar-refractivity contribution < 1.29 is 4.74 Å². The van der Waals surface area contributed by atoms with E-state index in [9.17, 15) is 0 Å². The Bertz CT molecular complexity index is 132. The minimum absolute atomic E-state index is 0.655. The molecule has 1 aliphatic carbocycles. The lowest BCUT2D eigenvalue weighted by molar-refractivity contribution is 0.109. The second kappa shape index (κ2) is 5.61. The highest BCUT2D eigenvalue weighted by Crippen LogP contribution is 2.44. The summed E-state index contributed by atoms with van der Waals surface area (Å²) in [5.74, 6) is 0. The van der Waals surface area contributed by atoms with E-state index < -0.39 is 0 Å². The van der Waals surface area contributed by atoms with Crippen molar-refractivity contribution in [2.24, 2.45) is 5.41 Å². The Labute approximate surface area is 82.0 Å². The van der Waals surface area contributed by atoms with Crippen LogP contribution in [0.1, 0.15) is 38.5 Å². The normalized spacial score (nSPS) is 19.8. The monoisotopic (exact) mass is 185 g/mol. The van der Waals surface area contributed by atoms with Gasteiger partial charge in [-0.1, -0.05) is 12.8 Å². The molecule has 0 aromatic carbocycles. The van der Waals surface area contributed by atoms with Crippen LogP contribution >= 0.6 is 0 Å². The quantitative estimate of drug-likeness (QED) is 0.614. The molecule has 1 rings (SSSR count). The molecular formula is C11H23NO. The third-order valence-electron chi connectivity index (χ3n) is 3.27. The van der Waals surface area contributed by atoms with Crippen LogP contribution in [0, 0.1) is 5.41 Å². The van der Waals surface area contributed by atoms with Gasteiger partial charge in [-0.2, -0.15) is 0 Å². The highest BCUT2D eigenvalue weighted by Gasteiger charge is 2.35. The number of rotatable bonds is 7. The molecule has 0 bridgehead atoms. The molecule has 1 N–H and O–H groups in total. The predicted octanol–water partition coefficient (Wildman–Crippen LogP) is 2.19. The summed E-state index contributed by atoms with van der Waals surface area (Å²) in [7, 11) is 3.85. The first-order valence-electron chi connectivity index (χ1n) is 5.46. The molecule has 13 heavy (non-hydrogen) atoms. The topological polar surface area (TPSA) is 21.3 Å². The Morgan fingerprint density at radius 3 is 2.54 bits per heavy atom. The van der Waals surface area contributed by atoms with E-state index in [1.165, 1.54) is 45.1 Å². The van der Waals surface area contributed by atoms with Crippen LogP contribution in [0.15, 0.2) is 0 Å². The van der Waals surface area contributed by atoms with Crippen molar-refractivity contribution in [2.45, 2.75) is 38.5 Å². The lowest BCUT2D eigenvalue weighted by Crippen LogP contribution is -2.38. The second-order valence-corrected chi connectivity index (χ2v) is 4.33. The summed E-state index contributed by atoms with van der Waals surface area (Å²) in [6.45, 7) is 2.13. The molecule has 1 saturated carbocycles. The molecule has 0 heterocycles. The molecule has 0 aromatic heterocycles. The molecule has 1 aliphatic rings. The molecule has 2 heteroatoms. The largest absolute Gasteiger partial charge is 0.385 e. The lowest BCUT2D eigenvalue weighted by Gasteiger charge is -2.42. The molecule has 1 fully saturated rings. The molecule has 2 nitrogen and oxygen atoms in total. The molecule has 0 radical (unpaired) electrons. The highest BCUT2D eigenvalue weighted by molar-refractivity contribution is 4.88. The molecule has 0 atom stereocenters. The van der Waals surface area contributed by atoms with Gasteiger partial charge in [0.2, 0.25) is 0 Å². The maximum atomic E-state index is 5.05. The maximum absolute atomic E-state index is 5.05. The maximum Gasteiger partial charge on any atom is 0.0462 e. The summed E-state index contributed by atoms with van der Waals surface area (Å²) < 4.78 is 5.05. The van der Waals surface area contributed by atoms with Gasteiger partial charge in [0.15, 0.2) is 0 Å². The highest BCUT2D eigenvalue weighted by atomic mass is 16.5. The van der Waals surface area contributed by atoms with Gasteiger partial charge in [-0.3, -0.25) is 0 Å². The molecule has 0 spiro atoms. The van der Waals surface area contributed by atoms with Crippen LogP contribution in [-0.2, 0) is 4.74 Å². The number of methoxy groups -OCH3 is 1. The van der Waals surface area contributed by atoms with E-state index in [2.05, 4.69) is 12.4 Å². The molecule has 78 valence electrons. The van der Waals surface area contributed by atoms with E-state index in [-0.39, 0.29) is 0 Å². The van der Waals surface area contributed by atoms with Crippen molar-refractivity contribution in [2.75, 3.05) is 27.3 Å². The Hall–Kier alpha value is -0.0800. The van der Waals surface area contributed by atoms with E-state index in [0.29, 0.717) is 5.41 Å². The van der Waals surface area contributed by atoms with Crippen molar-refractivity contribution >= 4 is 0 Å². The SMILES string of the molecule is CNCC1(CCCCOC)CCC1. The molecule has 0 saturated heterocycles. The molecule has 0 aromatic rings. The van der Waals surface area contributed by atoms with Crippen LogP contribution in [0.2, 0.25) is 0 Å². The van der Waals surface area contributed by atoms with Gasteiger partial charge < -0.3 is 10.1 Å². The van der Waals surface area contributed by atoms with Crippen LogP contribution in [0.5, 0.6) is 0 Å². The Morgan fingerprint density at radius 1 is 1.31 bits per heavy atom. The van der Waals surface area contributed by atoms with Gasteiger partial charge in [-0.25, -0.2) is 0 Å². The van der Waals surface area contributed by atoms with E-state index >= 15 is 0 Å². The number of hydrogen-bond acceptors (Lipinski definition) is 2. The van der Waals surface area contributed by atoms with Crippen LogP contribution in [-0.4, -0.2) is 27.3 Å². The number of nitrogens with one attached hydrogen (secondary N) is 1. The molecule has 0 unspecified atom stereocenters. The minimum Gasteiger partial charge on any atom is -0.385 e. The van der Waals surface area contributed by atoms with Crippen molar-refractivity contribution in [3.8, 4) is 0 Å². The fourth-order valence-electron chi connectivity index (χ4n) is 2.31. The number of hydrogen-bond donors (Lipinski definition) is 1. The molecule has 0 amide bonds. The van der Waals surface area contributed by atoms with E-state index in [4.69, 9.17) is 4.74 Å². The van der Waals surface area contributed by atoms with Gasteiger partial charge in [0.25, 0.3) is 0 Å². The first-order chi connectivity index (χ1) is 6.33. The lowest BCUT2D eigenvalue weighted by atomic mass is 9.66. The second-order valence-electron chi connectivity index (χ2n) is 4.33. The van der Waals surface area contributed by atoms with Gasteiger partial charge in [0.1, 0.15) is 0 Å². The van der Waals surface area contributed by atoms with Crippen LogP contribution in [0.25, 0.3) is 0 Å². The summed E-state index contributed by atoms with van der Waals surface area (Å²) in [5.41, 5.74) is 0.655. The van der Waals surface area contributed by atoms with E-state index in [0.717, 1.165) is 6.61 Å². The van der Waals surface area contributed by atoms with Gasteiger partial charge in [0.05, 0.1) is 0 Å². The van der Waals surface area contributed by atoms with Crippen LogP contribution in [0.4, 0.5) is 0 Å². The fraction of sp³-hybridized carbons (Fsp3) is 1.00. The average molecular weight is 185 g/mol. The number of unbranched alkanes of at least 4 members (excludes halogenated alkanes) is 1. The zero-order chi connectivity index (χ0) is 9.57. The van der Waals surface area contributed by atoms with E-state index in [1.54, 1.807) is 7.11 Å². The summed E-state index contributed by atoms with van der Waals surface area (Å²) >= 11 is 0. The van der Waals surface area contributed by atoms with Crippen molar-refractivity contribution in [1.29, 1.82) is 0 Å². The fourth-order valence-corrected chi connectivity index (χ4v) is 2.31. The van der Waals surface area contributed by atoms with Crippen LogP contribution < -0.4 is 5.32 Å². The van der Waals surface area contributed by atoms with Gasteiger partial charge in [-0.05, 0) is 38.1 Å². The third kappa shape index (κ3) is 3.28. The van der Waals surface area contributed by atoms with Crippen molar-refractivity contribution in [3.05, 3.63) is 0 Å². The summed E-state index contributed by atoms with van der Waals surface area (Å²) in [4.78, 5) is 0. The first kappa shape index (κ1) is 11.0. The minimum atomic E-state index is 0.655.